The predicted octanol–water partition coefficient (Wildman–Crippen LogP) is 3.94. The Bertz CT molecular complexity index is 770. The van der Waals surface area contributed by atoms with Crippen LogP contribution in [-0.4, -0.2) is 29.3 Å². The SMILES string of the molecule is CCOC=C(C(C)=O)C(=O)c1ccc(C(F)(F)C(F)(F)F)cc1[N+](=O)[O-]. The van der Waals surface area contributed by atoms with E-state index in [1.54, 1.807) is 0 Å². The highest BCUT2D eigenvalue weighted by Crippen LogP contribution is 2.45. The summed E-state index contributed by atoms with van der Waals surface area (Å²) < 4.78 is 68.8. The lowest BCUT2D eigenvalue weighted by molar-refractivity contribution is -0.385. The molecule has 0 aromatic heterocycles. The van der Waals surface area contributed by atoms with E-state index in [1.807, 2.05) is 0 Å². The van der Waals surface area contributed by atoms with Gasteiger partial charge in [-0.2, -0.15) is 22.0 Å². The number of benzene rings is 1. The summed E-state index contributed by atoms with van der Waals surface area (Å²) in [5, 5.41) is 11.1. The highest BCUT2D eigenvalue weighted by Gasteiger charge is 2.59. The van der Waals surface area contributed by atoms with Gasteiger partial charge in [0, 0.05) is 11.6 Å². The van der Waals surface area contributed by atoms with E-state index < -0.39 is 51.0 Å². The van der Waals surface area contributed by atoms with E-state index in [9.17, 15) is 41.7 Å². The largest absolute Gasteiger partial charge is 0.501 e. The van der Waals surface area contributed by atoms with Crippen LogP contribution in [0.15, 0.2) is 30.0 Å². The molecule has 0 aliphatic rings. The Hall–Kier alpha value is -2.85. The summed E-state index contributed by atoms with van der Waals surface area (Å²) in [6.45, 7) is 2.54. The van der Waals surface area contributed by atoms with Crippen LogP contribution in [0.25, 0.3) is 0 Å². The molecule has 0 spiro atoms. The van der Waals surface area contributed by atoms with Crippen molar-refractivity contribution in [2.75, 3.05) is 6.61 Å². The Morgan fingerprint density at radius 2 is 1.81 bits per heavy atom. The molecule has 0 bridgehead atoms. The summed E-state index contributed by atoms with van der Waals surface area (Å²) in [6, 6.07) is 0.642. The first-order valence-corrected chi connectivity index (χ1v) is 6.95. The number of ether oxygens (including phenoxy) is 1. The number of hydrogen-bond acceptors (Lipinski definition) is 5. The number of nitrogens with zero attached hydrogens (tertiary/aromatic N) is 1. The molecule has 6 nitrogen and oxygen atoms in total. The second-order valence-electron chi connectivity index (χ2n) is 4.93. The Kier molecular flexibility index (Phi) is 6.18. The number of ketones is 2. The van der Waals surface area contributed by atoms with Crippen molar-refractivity contribution in [3.8, 4) is 0 Å². The summed E-state index contributed by atoms with van der Waals surface area (Å²) in [6.07, 6.45) is -5.24. The van der Waals surface area contributed by atoms with E-state index in [4.69, 9.17) is 4.74 Å². The van der Waals surface area contributed by atoms with E-state index in [0.717, 1.165) is 13.2 Å². The fraction of sp³-hybridized carbons (Fsp3) is 0.333. The quantitative estimate of drug-likeness (QED) is 0.104. The molecule has 1 aromatic rings. The van der Waals surface area contributed by atoms with Crippen LogP contribution in [0.2, 0.25) is 0 Å². The second kappa shape index (κ2) is 7.58. The number of carbonyl (C=O) groups excluding carboxylic acids is 2. The van der Waals surface area contributed by atoms with Gasteiger partial charge in [0.1, 0.15) is 5.56 Å². The predicted molar refractivity (Wildman–Crippen MR) is 77.8 cm³/mol. The maximum Gasteiger partial charge on any atom is 0.458 e. The lowest BCUT2D eigenvalue weighted by Gasteiger charge is -2.20. The van der Waals surface area contributed by atoms with Crippen molar-refractivity contribution in [2.45, 2.75) is 25.9 Å². The minimum absolute atomic E-state index is 0.0425. The first-order valence-electron chi connectivity index (χ1n) is 6.95. The summed E-state index contributed by atoms with van der Waals surface area (Å²) >= 11 is 0. The van der Waals surface area contributed by atoms with Crippen molar-refractivity contribution >= 4 is 17.3 Å². The van der Waals surface area contributed by atoms with Crippen molar-refractivity contribution in [1.29, 1.82) is 0 Å². The number of Topliss-reactive ketones (excluding diaryl/α,β-unsaturated/α-hetero) is 2. The molecule has 0 saturated heterocycles. The van der Waals surface area contributed by atoms with Crippen molar-refractivity contribution in [1.82, 2.24) is 0 Å². The highest BCUT2D eigenvalue weighted by atomic mass is 19.4. The monoisotopic (exact) mass is 381 g/mol. The average Bonchev–Trinajstić information content (AvgIpc) is 2.52. The van der Waals surface area contributed by atoms with Crippen molar-refractivity contribution < 1.29 is 41.2 Å². The third-order valence-electron chi connectivity index (χ3n) is 3.15. The van der Waals surface area contributed by atoms with Crippen LogP contribution in [0, 0.1) is 10.1 Å². The molecule has 0 heterocycles. The number of nitro benzene ring substituents is 1. The smallest absolute Gasteiger partial charge is 0.458 e. The van der Waals surface area contributed by atoms with Gasteiger partial charge in [-0.1, -0.05) is 6.07 Å². The van der Waals surface area contributed by atoms with Gasteiger partial charge < -0.3 is 4.74 Å². The Morgan fingerprint density at radius 3 is 2.23 bits per heavy atom. The zero-order valence-electron chi connectivity index (χ0n) is 13.4. The number of nitro groups is 1. The van der Waals surface area contributed by atoms with E-state index >= 15 is 0 Å². The van der Waals surface area contributed by atoms with Gasteiger partial charge in [-0.05, 0) is 19.9 Å². The number of hydrogen-bond donors (Lipinski definition) is 0. The van der Waals surface area contributed by atoms with Gasteiger partial charge in [0.05, 0.1) is 23.4 Å². The molecule has 0 saturated carbocycles. The Morgan fingerprint density at radius 1 is 1.23 bits per heavy atom. The van der Waals surface area contributed by atoms with Crippen molar-refractivity contribution in [3.05, 3.63) is 51.3 Å². The number of allylic oxidation sites excluding steroid dienone is 1. The van der Waals surface area contributed by atoms with Crippen molar-refractivity contribution in [2.24, 2.45) is 0 Å². The van der Waals surface area contributed by atoms with E-state index in [-0.39, 0.29) is 18.7 Å². The average molecular weight is 381 g/mol. The van der Waals surface area contributed by atoms with Gasteiger partial charge in [-0.3, -0.25) is 19.7 Å². The molecule has 0 N–H and O–H groups in total. The van der Waals surface area contributed by atoms with Crippen LogP contribution >= 0.6 is 0 Å². The standard InChI is InChI=1S/C15H12F5NO5/c1-3-26-7-11(8(2)22)13(23)10-5-4-9(6-12(10)21(24)25)14(16,17)15(18,19)20/h4-7H,3H2,1-2H3. The molecule has 1 aromatic carbocycles. The fourth-order valence-corrected chi connectivity index (χ4v) is 1.84. The fourth-order valence-electron chi connectivity index (χ4n) is 1.84. The number of alkyl halides is 5. The summed E-state index contributed by atoms with van der Waals surface area (Å²) in [5.74, 6) is -7.42. The molecule has 142 valence electrons. The van der Waals surface area contributed by atoms with E-state index in [2.05, 4.69) is 0 Å². The van der Waals surface area contributed by atoms with Gasteiger partial charge in [0.25, 0.3) is 5.69 Å². The molecule has 0 aliphatic heterocycles. The van der Waals surface area contributed by atoms with Gasteiger partial charge in [-0.15, -0.1) is 0 Å². The third kappa shape index (κ3) is 4.21. The number of carbonyl (C=O) groups is 2. The highest BCUT2D eigenvalue weighted by molar-refractivity contribution is 6.26. The van der Waals surface area contributed by atoms with E-state index in [1.165, 1.54) is 6.92 Å². The first kappa shape index (κ1) is 21.2. The molecule has 11 heteroatoms. The summed E-state index contributed by atoms with van der Waals surface area (Å²) in [4.78, 5) is 33.6. The minimum atomic E-state index is -5.98. The molecule has 1 rings (SSSR count). The van der Waals surface area contributed by atoms with Gasteiger partial charge in [0.2, 0.25) is 5.78 Å². The molecule has 0 unspecified atom stereocenters. The maximum atomic E-state index is 13.4. The van der Waals surface area contributed by atoms with E-state index in [0.29, 0.717) is 6.07 Å². The van der Waals surface area contributed by atoms with Gasteiger partial charge in [-0.25, -0.2) is 0 Å². The molecule has 0 atom stereocenters. The molecule has 0 fully saturated rings. The Labute approximate surface area is 143 Å². The maximum absolute atomic E-state index is 13.4. The van der Waals surface area contributed by atoms with Crippen LogP contribution in [0.3, 0.4) is 0 Å². The van der Waals surface area contributed by atoms with Crippen LogP contribution in [-0.2, 0) is 15.5 Å². The lowest BCUT2D eigenvalue weighted by Crippen LogP contribution is -2.33. The molecule has 0 radical (unpaired) electrons. The lowest BCUT2D eigenvalue weighted by atomic mass is 9.97. The molecule has 26 heavy (non-hydrogen) atoms. The molecular weight excluding hydrogens is 369 g/mol. The third-order valence-corrected chi connectivity index (χ3v) is 3.15. The van der Waals surface area contributed by atoms with Crippen LogP contribution in [0.4, 0.5) is 27.6 Å². The second-order valence-corrected chi connectivity index (χ2v) is 4.93. The molecular formula is C15H12F5NO5. The molecule has 0 aliphatic carbocycles. The van der Waals surface area contributed by atoms with Crippen molar-refractivity contribution in [3.63, 3.8) is 0 Å². The van der Waals surface area contributed by atoms with Gasteiger partial charge >= 0.3 is 12.1 Å². The normalized spacial score (nSPS) is 12.7. The van der Waals surface area contributed by atoms with Crippen LogP contribution < -0.4 is 0 Å². The van der Waals surface area contributed by atoms with Gasteiger partial charge in [0.15, 0.2) is 5.78 Å². The number of halogens is 5. The topological polar surface area (TPSA) is 86.5 Å². The minimum Gasteiger partial charge on any atom is -0.501 e. The zero-order chi connectivity index (χ0) is 20.3. The van der Waals surface area contributed by atoms with Crippen LogP contribution in [0.5, 0.6) is 0 Å². The summed E-state index contributed by atoms with van der Waals surface area (Å²) in [7, 11) is 0. The number of rotatable bonds is 7. The zero-order valence-corrected chi connectivity index (χ0v) is 13.4. The Balaban J connectivity index is 3.53. The molecule has 0 amide bonds. The first-order chi connectivity index (χ1) is 11.8. The van der Waals surface area contributed by atoms with Crippen LogP contribution in [0.1, 0.15) is 29.8 Å². The summed E-state index contributed by atoms with van der Waals surface area (Å²) in [5.41, 5.74) is -4.44.